The fourth-order valence-electron chi connectivity index (χ4n) is 3.40. The molecule has 0 amide bonds. The van der Waals surface area contributed by atoms with Crippen LogP contribution in [0.4, 0.5) is 4.39 Å². The highest BCUT2D eigenvalue weighted by molar-refractivity contribution is 5.96. The van der Waals surface area contributed by atoms with E-state index < -0.39 is 70.9 Å². The molecule has 0 spiro atoms. The van der Waals surface area contributed by atoms with Gasteiger partial charge in [-0.1, -0.05) is 0 Å². The second-order valence-electron chi connectivity index (χ2n) is 6.95. The average Bonchev–Trinajstić information content (AvgIpc) is 3.09. The molecule has 5 atom stereocenters. The van der Waals surface area contributed by atoms with Gasteiger partial charge in [-0.3, -0.25) is 14.3 Å². The number of aromatic carboxylic acids is 1. The van der Waals surface area contributed by atoms with E-state index in [2.05, 4.69) is 0 Å². The van der Waals surface area contributed by atoms with Gasteiger partial charge in [-0.25, -0.2) is 9.59 Å². The molecule has 15 heteroatoms. The number of hydrogen-bond donors (Lipinski definition) is 5. The van der Waals surface area contributed by atoms with Crippen LogP contribution >= 0.6 is 0 Å². The molecule has 14 nitrogen and oxygen atoms in total. The van der Waals surface area contributed by atoms with Crippen molar-refractivity contribution >= 4 is 5.97 Å². The molecule has 0 bridgehead atoms. The van der Waals surface area contributed by atoms with Gasteiger partial charge in [0, 0.05) is 6.07 Å². The molecular weight excluding hydrogens is 467 g/mol. The van der Waals surface area contributed by atoms with Crippen molar-refractivity contribution in [3.63, 3.8) is 0 Å². The quantitative estimate of drug-likeness (QED) is 0.268. The van der Waals surface area contributed by atoms with Crippen LogP contribution in [0.15, 0.2) is 21.9 Å². The zero-order chi connectivity index (χ0) is 25.3. The first-order chi connectivity index (χ1) is 16.0. The molecule has 2 aromatic rings. The summed E-state index contributed by atoms with van der Waals surface area (Å²) < 4.78 is 40.1. The van der Waals surface area contributed by atoms with Gasteiger partial charge < -0.3 is 44.1 Å². The van der Waals surface area contributed by atoms with Crippen molar-refractivity contribution in [2.45, 2.75) is 30.8 Å². The topological polar surface area (TPSA) is 199 Å². The molecule has 1 saturated heterocycles. The highest BCUT2D eigenvalue weighted by Crippen LogP contribution is 2.46. The van der Waals surface area contributed by atoms with Crippen LogP contribution < -0.4 is 30.2 Å². The van der Waals surface area contributed by atoms with Gasteiger partial charge in [0.1, 0.15) is 23.5 Å². The predicted octanol–water partition coefficient (Wildman–Crippen LogP) is -1.58. The normalized spacial score (nSPS) is 22.8. The van der Waals surface area contributed by atoms with Crippen LogP contribution in [-0.2, 0) is 4.74 Å². The number of halogens is 1. The van der Waals surface area contributed by atoms with Gasteiger partial charge in [0.05, 0.1) is 27.5 Å². The van der Waals surface area contributed by atoms with E-state index >= 15 is 0 Å². The van der Waals surface area contributed by atoms with Crippen LogP contribution in [0.3, 0.4) is 0 Å². The van der Waals surface area contributed by atoms with Gasteiger partial charge >= 0.3 is 11.7 Å². The molecule has 2 heterocycles. The number of carboxylic acids is 1. The number of benzene rings is 1. The van der Waals surface area contributed by atoms with Gasteiger partial charge in [-0.05, 0) is 0 Å². The number of methoxy groups -OCH3 is 3. The number of carbonyl (C=O) groups is 1. The molecule has 0 saturated carbocycles. The van der Waals surface area contributed by atoms with E-state index in [0.717, 1.165) is 13.2 Å². The number of aliphatic hydroxyl groups excluding tert-OH is 3. The molecule has 1 aromatic heterocycles. The summed E-state index contributed by atoms with van der Waals surface area (Å²) in [6, 6.07) is 1.15. The number of aromatic amines is 1. The molecule has 0 radical (unpaired) electrons. The third-order valence-electron chi connectivity index (χ3n) is 5.02. The average molecular weight is 488 g/mol. The summed E-state index contributed by atoms with van der Waals surface area (Å²) in [7, 11) is 3.55. The lowest BCUT2D eigenvalue weighted by Gasteiger charge is -2.25. The summed E-state index contributed by atoms with van der Waals surface area (Å²) in [5.41, 5.74) is -2.92. The van der Waals surface area contributed by atoms with Gasteiger partial charge in [0.2, 0.25) is 17.9 Å². The predicted molar refractivity (Wildman–Crippen MR) is 107 cm³/mol. The molecule has 1 unspecified atom stereocenters. The molecule has 0 aliphatic carbocycles. The van der Waals surface area contributed by atoms with Gasteiger partial charge in [0.25, 0.3) is 5.56 Å². The van der Waals surface area contributed by atoms with Crippen LogP contribution in [-0.4, -0.2) is 81.9 Å². The van der Waals surface area contributed by atoms with Crippen molar-refractivity contribution in [2.24, 2.45) is 0 Å². The fourth-order valence-corrected chi connectivity index (χ4v) is 3.40. The summed E-state index contributed by atoms with van der Waals surface area (Å²) in [4.78, 5) is 36.6. The van der Waals surface area contributed by atoms with Crippen molar-refractivity contribution in [3.8, 4) is 23.0 Å². The molecular formula is C19H21FN2O12. The van der Waals surface area contributed by atoms with Crippen molar-refractivity contribution < 1.29 is 53.3 Å². The standard InChI is InChI=1S/C19H21FN2O12/c1-30-7-4-8(31-2)12(13(32-3)9(7)17(26)27)34-18(28)14-10(23)11(24)16(33-14)22-5-6(20)15(25)21-19(22)29/h4-5,10-11,14,16,18,23-24,28H,1-3H3,(H,26,27)(H,21,25,29)/t10-,11+,14-,16+,18?/m0/s1. The van der Waals surface area contributed by atoms with Crippen molar-refractivity contribution in [1.82, 2.24) is 9.55 Å². The Hall–Kier alpha value is -3.66. The zero-order valence-electron chi connectivity index (χ0n) is 17.9. The SMILES string of the molecule is COc1cc(OC)c(C(=O)O)c(OC)c1OC(O)[C@H]1O[C@@H](n2cc(F)c(=O)[nH]c2=O)[C@H](O)[C@@H]1O. The first-order valence-corrected chi connectivity index (χ1v) is 9.49. The van der Waals surface area contributed by atoms with Crippen LogP contribution in [0.1, 0.15) is 16.6 Å². The molecule has 1 fully saturated rings. The Morgan fingerprint density at radius 3 is 2.32 bits per heavy atom. The van der Waals surface area contributed by atoms with E-state index in [0.29, 0.717) is 10.8 Å². The van der Waals surface area contributed by atoms with E-state index in [1.165, 1.54) is 14.2 Å². The van der Waals surface area contributed by atoms with Gasteiger partial charge in [0.15, 0.2) is 23.8 Å². The van der Waals surface area contributed by atoms with E-state index in [1.807, 2.05) is 0 Å². The molecule has 1 aliphatic rings. The summed E-state index contributed by atoms with van der Waals surface area (Å²) in [5, 5.41) is 40.8. The molecule has 5 N–H and O–H groups in total. The smallest absolute Gasteiger partial charge is 0.343 e. The lowest BCUT2D eigenvalue weighted by molar-refractivity contribution is -0.156. The molecule has 1 aromatic carbocycles. The minimum Gasteiger partial charge on any atom is -0.496 e. The van der Waals surface area contributed by atoms with Crippen LogP contribution in [0.2, 0.25) is 0 Å². The molecule has 3 rings (SSSR count). The number of aliphatic hydroxyl groups is 3. The molecule has 34 heavy (non-hydrogen) atoms. The van der Waals surface area contributed by atoms with E-state index in [-0.39, 0.29) is 11.5 Å². The lowest BCUT2D eigenvalue weighted by Crippen LogP contribution is -2.42. The minimum atomic E-state index is -2.09. The number of hydrogen-bond acceptors (Lipinski definition) is 11. The molecule has 1 aliphatic heterocycles. The summed E-state index contributed by atoms with van der Waals surface area (Å²) in [6.07, 6.45) is -8.79. The van der Waals surface area contributed by atoms with E-state index in [9.17, 15) is 39.2 Å². The van der Waals surface area contributed by atoms with E-state index in [1.54, 1.807) is 4.98 Å². The van der Waals surface area contributed by atoms with E-state index in [4.69, 9.17) is 23.7 Å². The Balaban J connectivity index is 1.97. The van der Waals surface area contributed by atoms with Gasteiger partial charge in [-0.2, -0.15) is 4.39 Å². The van der Waals surface area contributed by atoms with Crippen LogP contribution in [0.25, 0.3) is 0 Å². The maximum Gasteiger partial charge on any atom is 0.343 e. The van der Waals surface area contributed by atoms with Crippen LogP contribution in [0, 0.1) is 5.82 Å². The number of aromatic nitrogens is 2. The number of H-pyrrole nitrogens is 1. The number of nitrogens with one attached hydrogen (secondary N) is 1. The maximum atomic E-state index is 13.6. The largest absolute Gasteiger partial charge is 0.496 e. The Kier molecular flexibility index (Phi) is 7.11. The van der Waals surface area contributed by atoms with Gasteiger partial charge in [-0.15, -0.1) is 0 Å². The lowest BCUT2D eigenvalue weighted by atomic mass is 10.1. The van der Waals surface area contributed by atoms with Crippen molar-refractivity contribution in [3.05, 3.63) is 44.5 Å². The second kappa shape index (κ2) is 9.68. The minimum absolute atomic E-state index is 0.124. The number of rotatable bonds is 8. The highest BCUT2D eigenvalue weighted by Gasteiger charge is 2.49. The first-order valence-electron chi connectivity index (χ1n) is 9.49. The monoisotopic (exact) mass is 488 g/mol. The Morgan fingerprint density at radius 1 is 1.12 bits per heavy atom. The Labute approximate surface area is 189 Å². The fraction of sp³-hybridized carbons (Fsp3) is 0.421. The van der Waals surface area contributed by atoms with Crippen molar-refractivity contribution in [1.29, 1.82) is 0 Å². The van der Waals surface area contributed by atoms with Crippen molar-refractivity contribution in [2.75, 3.05) is 21.3 Å². The zero-order valence-corrected chi connectivity index (χ0v) is 17.9. The Morgan fingerprint density at radius 2 is 1.76 bits per heavy atom. The Bertz CT molecular complexity index is 1200. The number of carboxylic acid groups (broad SMARTS) is 1. The second-order valence-corrected chi connectivity index (χ2v) is 6.95. The number of nitrogens with zero attached hydrogens (tertiary/aromatic N) is 1. The summed E-state index contributed by atoms with van der Waals surface area (Å²) in [5.74, 6) is -3.89. The summed E-state index contributed by atoms with van der Waals surface area (Å²) >= 11 is 0. The van der Waals surface area contributed by atoms with Crippen LogP contribution in [0.5, 0.6) is 23.0 Å². The summed E-state index contributed by atoms with van der Waals surface area (Å²) in [6.45, 7) is 0. The maximum absolute atomic E-state index is 13.6. The highest BCUT2D eigenvalue weighted by atomic mass is 19.1. The third-order valence-corrected chi connectivity index (χ3v) is 5.02. The first kappa shape index (κ1) is 25.0. The third kappa shape index (κ3) is 4.28. The molecule has 186 valence electrons. The number of ether oxygens (including phenoxy) is 5.